The average molecular weight is 768 g/mol. The third-order valence-electron chi connectivity index (χ3n) is 7.79. The topological polar surface area (TPSA) is 132 Å². The Balaban J connectivity index is 0.00000199. The largest absolute Gasteiger partial charge is 0.464 e. The molecule has 0 aliphatic rings. The number of anilines is 1. The predicted molar refractivity (Wildman–Crippen MR) is 210 cm³/mol. The summed E-state index contributed by atoms with van der Waals surface area (Å²) in [6.45, 7) is 10.1. The summed E-state index contributed by atoms with van der Waals surface area (Å²) in [5.74, 6) is -5.33. The zero-order chi connectivity index (χ0) is 41.3. The molecule has 3 amide bonds. The van der Waals surface area contributed by atoms with E-state index in [4.69, 9.17) is 14.2 Å². The Morgan fingerprint density at radius 3 is 1.85 bits per heavy atom. The van der Waals surface area contributed by atoms with Gasteiger partial charge in [-0.15, -0.1) is 6.58 Å². The fraction of sp³-hybridized carbons (Fsp3) is 0.333. The first-order chi connectivity index (χ1) is 26.4. The fourth-order valence-corrected chi connectivity index (χ4v) is 4.93. The second-order valence-corrected chi connectivity index (χ2v) is 11.8. The van der Waals surface area contributed by atoms with Crippen molar-refractivity contribution in [2.75, 3.05) is 59.6 Å². The minimum absolute atomic E-state index is 0.0879. The summed E-state index contributed by atoms with van der Waals surface area (Å²) in [5, 5.41) is 8.12. The van der Waals surface area contributed by atoms with Gasteiger partial charge in [0, 0.05) is 51.0 Å². The van der Waals surface area contributed by atoms with Crippen LogP contribution < -0.4 is 16.0 Å². The van der Waals surface area contributed by atoms with E-state index in [2.05, 4.69) is 29.1 Å². The first-order valence-electron chi connectivity index (χ1n) is 17.3. The third-order valence-corrected chi connectivity index (χ3v) is 7.79. The fourth-order valence-electron chi connectivity index (χ4n) is 4.93. The number of esters is 1. The molecule has 0 saturated carbocycles. The lowest BCUT2D eigenvalue weighted by atomic mass is 9.82. The molecule has 3 N–H and O–H groups in total. The molecule has 0 heterocycles. The number of amides is 3. The molecule has 0 unspecified atom stereocenters. The highest BCUT2D eigenvalue weighted by molar-refractivity contribution is 6.09. The maximum Gasteiger partial charge on any atom is 0.310 e. The smallest absolute Gasteiger partial charge is 0.310 e. The number of hydrogen-bond acceptors (Lipinski definition) is 7. The van der Waals surface area contributed by atoms with Gasteiger partial charge in [-0.25, -0.2) is 8.78 Å². The van der Waals surface area contributed by atoms with Gasteiger partial charge in [-0.1, -0.05) is 85.5 Å². The molecule has 3 rings (SSSR count). The van der Waals surface area contributed by atoms with Crippen LogP contribution in [0.3, 0.4) is 0 Å². The van der Waals surface area contributed by atoms with Crippen molar-refractivity contribution in [2.24, 2.45) is 5.41 Å². The molecule has 55 heavy (non-hydrogen) atoms. The van der Waals surface area contributed by atoms with Gasteiger partial charge in [-0.2, -0.15) is 0 Å². The summed E-state index contributed by atoms with van der Waals surface area (Å²) in [5.41, 5.74) is 0.675. The minimum atomic E-state index is -2.98. The van der Waals surface area contributed by atoms with Crippen molar-refractivity contribution < 1.29 is 46.6 Å². The quantitative estimate of drug-likeness (QED) is 0.0386. The molecule has 0 fully saturated rings. The summed E-state index contributed by atoms with van der Waals surface area (Å²) in [4.78, 5) is 52.5. The highest BCUT2D eigenvalue weighted by atomic mass is 19.3. The number of hydrogen-bond donors (Lipinski definition) is 3. The first kappa shape index (κ1) is 47.5. The summed E-state index contributed by atoms with van der Waals surface area (Å²) >= 11 is 0. The number of ether oxygens (including phenoxy) is 3. The third kappa shape index (κ3) is 15.8. The Labute approximate surface area is 321 Å². The molecule has 3 aromatic rings. The summed E-state index contributed by atoms with van der Waals surface area (Å²) < 4.78 is 52.3. The van der Waals surface area contributed by atoms with Crippen LogP contribution in [0.1, 0.15) is 41.8 Å². The lowest BCUT2D eigenvalue weighted by molar-refractivity contribution is -0.155. The van der Waals surface area contributed by atoms with Crippen molar-refractivity contribution in [3.63, 3.8) is 0 Å². The van der Waals surface area contributed by atoms with Crippen molar-refractivity contribution in [1.82, 2.24) is 10.6 Å². The molecule has 0 radical (unpaired) electrons. The highest BCUT2D eigenvalue weighted by Crippen LogP contribution is 2.31. The van der Waals surface area contributed by atoms with Crippen molar-refractivity contribution in [1.29, 1.82) is 0 Å². The second kappa shape index (κ2) is 25.5. The Bertz CT molecular complexity index is 1670. The van der Waals surface area contributed by atoms with E-state index in [1.165, 1.54) is 32.4 Å². The van der Waals surface area contributed by atoms with E-state index in [-0.39, 0.29) is 44.7 Å². The second-order valence-electron chi connectivity index (χ2n) is 11.8. The lowest BCUT2D eigenvalue weighted by Gasteiger charge is -2.29. The van der Waals surface area contributed by atoms with Crippen LogP contribution in [-0.4, -0.2) is 78.0 Å². The molecular formula is C42H52F3N3O7. The summed E-state index contributed by atoms with van der Waals surface area (Å²) in [6, 6.07) is 19.1. The van der Waals surface area contributed by atoms with Gasteiger partial charge in [0.15, 0.2) is 5.41 Å². The number of rotatable bonds is 19. The minimum Gasteiger partial charge on any atom is -0.464 e. The van der Waals surface area contributed by atoms with Gasteiger partial charge in [-0.05, 0) is 48.2 Å². The van der Waals surface area contributed by atoms with Gasteiger partial charge in [0.25, 0.3) is 11.8 Å². The molecule has 13 heteroatoms. The van der Waals surface area contributed by atoms with E-state index in [9.17, 15) is 32.3 Å². The van der Waals surface area contributed by atoms with E-state index in [0.29, 0.717) is 35.1 Å². The number of halogens is 3. The molecule has 0 aliphatic heterocycles. The number of allylic oxidation sites excluding steroid dienone is 4. The summed E-state index contributed by atoms with van der Waals surface area (Å²) in [7, 11) is 3.45. The molecule has 0 atom stereocenters. The van der Waals surface area contributed by atoms with Crippen LogP contribution in [0.15, 0.2) is 110 Å². The highest BCUT2D eigenvalue weighted by Gasteiger charge is 2.46. The van der Waals surface area contributed by atoms with E-state index in [0.717, 1.165) is 6.92 Å². The van der Waals surface area contributed by atoms with E-state index < -0.39 is 41.6 Å². The van der Waals surface area contributed by atoms with Crippen molar-refractivity contribution >= 4 is 29.4 Å². The van der Waals surface area contributed by atoms with Crippen LogP contribution in [0.2, 0.25) is 0 Å². The molecule has 3 aromatic carbocycles. The molecule has 298 valence electrons. The predicted octanol–water partition coefficient (Wildman–Crippen LogP) is 7.23. The average Bonchev–Trinajstić information content (AvgIpc) is 3.18. The van der Waals surface area contributed by atoms with E-state index in [1.54, 1.807) is 66.7 Å². The van der Waals surface area contributed by atoms with Gasteiger partial charge in [-0.3, -0.25) is 23.6 Å². The maximum absolute atomic E-state index is 13.7. The molecule has 0 saturated heterocycles. The van der Waals surface area contributed by atoms with Crippen molar-refractivity contribution in [3.8, 4) is 11.1 Å². The van der Waals surface area contributed by atoms with Gasteiger partial charge in [0.05, 0.1) is 26.8 Å². The number of alkyl halides is 3. The van der Waals surface area contributed by atoms with Crippen LogP contribution in [-0.2, 0) is 40.9 Å². The standard InChI is InChI=1S/C36H41F2N3O7.C5H8.CH3F/c1-5-18-36(33(44)39-19-21-46-3,34(45)40-20-22-47-4)24-48-31(42)23-25-10-16-28(17-11-25)41-32(43)30-9-7-6-8-29(30)26-12-14-27(15-13-26)35(2,37)38;1-3-5-4-2;1-2/h5-17H,1,18-24H2,2-4H3,(H,39,44)(H,40,45)(H,41,43);3-5H,1H2,2H3;1H3/b;5-4-;. The molecule has 0 aliphatic carbocycles. The zero-order valence-corrected chi connectivity index (χ0v) is 32.1. The number of carbonyl (C=O) groups excluding carboxylic acids is 4. The Morgan fingerprint density at radius 2 is 1.38 bits per heavy atom. The SMILES string of the molecule is C=C/C=C\C.C=CCC(COC(=O)Cc1ccc(NC(=O)c2ccccc2-c2ccc(C(C)(F)F)cc2)cc1)(C(=O)NCCOC)C(=O)NCCOC.CF. The Kier molecular flexibility index (Phi) is 22.0. The Morgan fingerprint density at radius 1 is 0.818 bits per heavy atom. The number of nitrogens with one attached hydrogen (secondary N) is 3. The number of benzene rings is 3. The van der Waals surface area contributed by atoms with Crippen LogP contribution in [0, 0.1) is 5.41 Å². The van der Waals surface area contributed by atoms with Gasteiger partial charge in [0.2, 0.25) is 11.8 Å². The van der Waals surface area contributed by atoms with Crippen molar-refractivity contribution in [2.45, 2.75) is 32.6 Å². The first-order valence-corrected chi connectivity index (χ1v) is 17.3. The van der Waals surface area contributed by atoms with E-state index >= 15 is 0 Å². The number of carbonyl (C=O) groups is 4. The van der Waals surface area contributed by atoms with Crippen molar-refractivity contribution in [3.05, 3.63) is 127 Å². The molecule has 0 bridgehead atoms. The normalized spacial score (nSPS) is 10.8. The molecule has 10 nitrogen and oxygen atoms in total. The van der Waals surface area contributed by atoms with Crippen LogP contribution in [0.5, 0.6) is 0 Å². The monoisotopic (exact) mass is 767 g/mol. The van der Waals surface area contributed by atoms with Gasteiger partial charge < -0.3 is 30.2 Å². The van der Waals surface area contributed by atoms with Gasteiger partial charge in [0.1, 0.15) is 6.61 Å². The zero-order valence-electron chi connectivity index (χ0n) is 32.1. The van der Waals surface area contributed by atoms with Gasteiger partial charge >= 0.3 is 5.97 Å². The maximum atomic E-state index is 13.7. The summed E-state index contributed by atoms with van der Waals surface area (Å²) in [6.07, 6.45) is 6.74. The molecule has 0 aromatic heterocycles. The Hall–Kier alpha value is -5.53. The van der Waals surface area contributed by atoms with Crippen LogP contribution in [0.4, 0.5) is 18.9 Å². The van der Waals surface area contributed by atoms with E-state index in [1.807, 2.05) is 19.1 Å². The lowest BCUT2D eigenvalue weighted by Crippen LogP contribution is -2.55. The molecule has 0 spiro atoms. The molecular weight excluding hydrogens is 715 g/mol. The van der Waals surface area contributed by atoms with Crippen LogP contribution >= 0.6 is 0 Å². The number of methoxy groups -OCH3 is 2. The van der Waals surface area contributed by atoms with Crippen LogP contribution in [0.25, 0.3) is 11.1 Å².